The average Bonchev–Trinajstić information content (AvgIpc) is 3.05. The zero-order valence-corrected chi connectivity index (χ0v) is 14.7. The highest BCUT2D eigenvalue weighted by molar-refractivity contribution is 6.30. The molecule has 7 heteroatoms. The fourth-order valence-electron chi connectivity index (χ4n) is 2.85. The SMILES string of the molecule is COc1cccc(Cn2cnc3nc(-c4cccc(Cl)c4)[nH]c(=O)c32)c1. The molecule has 2 aromatic carbocycles. The van der Waals surface area contributed by atoms with Gasteiger partial charge < -0.3 is 14.3 Å². The molecule has 26 heavy (non-hydrogen) atoms. The maximum absolute atomic E-state index is 12.6. The Hall–Kier alpha value is -3.12. The van der Waals surface area contributed by atoms with E-state index in [0.29, 0.717) is 28.6 Å². The predicted octanol–water partition coefficient (Wildman–Crippen LogP) is 3.50. The van der Waals surface area contributed by atoms with Crippen LogP contribution in [0.1, 0.15) is 5.56 Å². The molecular weight excluding hydrogens is 352 g/mol. The average molecular weight is 367 g/mol. The van der Waals surface area contributed by atoms with Gasteiger partial charge >= 0.3 is 0 Å². The van der Waals surface area contributed by atoms with Crippen molar-refractivity contribution in [2.75, 3.05) is 7.11 Å². The van der Waals surface area contributed by atoms with Crippen LogP contribution >= 0.6 is 11.6 Å². The molecule has 6 nitrogen and oxygen atoms in total. The third kappa shape index (κ3) is 3.07. The topological polar surface area (TPSA) is 72.8 Å². The van der Waals surface area contributed by atoms with E-state index in [-0.39, 0.29) is 5.56 Å². The van der Waals surface area contributed by atoms with Gasteiger partial charge in [0.25, 0.3) is 5.56 Å². The van der Waals surface area contributed by atoms with Gasteiger partial charge in [0.15, 0.2) is 11.2 Å². The summed E-state index contributed by atoms with van der Waals surface area (Å²) in [6.07, 6.45) is 1.62. The van der Waals surface area contributed by atoms with E-state index in [1.54, 1.807) is 30.1 Å². The zero-order chi connectivity index (χ0) is 18.1. The number of nitrogens with zero attached hydrogens (tertiary/aromatic N) is 3. The summed E-state index contributed by atoms with van der Waals surface area (Å²) in [4.78, 5) is 24.2. The van der Waals surface area contributed by atoms with Crippen LogP contribution < -0.4 is 10.3 Å². The minimum atomic E-state index is -0.245. The van der Waals surface area contributed by atoms with E-state index in [4.69, 9.17) is 16.3 Å². The maximum atomic E-state index is 12.6. The van der Waals surface area contributed by atoms with Crippen LogP contribution in [0.5, 0.6) is 5.75 Å². The van der Waals surface area contributed by atoms with Crippen LogP contribution in [0.2, 0.25) is 5.02 Å². The number of methoxy groups -OCH3 is 1. The van der Waals surface area contributed by atoms with Crippen molar-refractivity contribution in [2.24, 2.45) is 0 Å². The van der Waals surface area contributed by atoms with Gasteiger partial charge in [-0.1, -0.05) is 35.9 Å². The predicted molar refractivity (Wildman–Crippen MR) is 101 cm³/mol. The van der Waals surface area contributed by atoms with Gasteiger partial charge in [-0.2, -0.15) is 0 Å². The molecule has 0 aliphatic rings. The molecule has 0 saturated carbocycles. The molecule has 0 aliphatic heterocycles. The largest absolute Gasteiger partial charge is 0.497 e. The quantitative estimate of drug-likeness (QED) is 0.600. The fraction of sp³-hybridized carbons (Fsp3) is 0.105. The van der Waals surface area contributed by atoms with Gasteiger partial charge in [-0.05, 0) is 29.8 Å². The first-order valence-corrected chi connectivity index (χ1v) is 8.36. The van der Waals surface area contributed by atoms with Crippen molar-refractivity contribution >= 4 is 22.8 Å². The van der Waals surface area contributed by atoms with Crippen molar-refractivity contribution in [3.63, 3.8) is 0 Å². The van der Waals surface area contributed by atoms with Gasteiger partial charge in [0.1, 0.15) is 11.6 Å². The van der Waals surface area contributed by atoms with Crippen LogP contribution in [0.15, 0.2) is 59.7 Å². The lowest BCUT2D eigenvalue weighted by atomic mass is 10.2. The second-order valence-electron chi connectivity index (χ2n) is 5.82. The number of imidazole rings is 1. The monoisotopic (exact) mass is 366 g/mol. The third-order valence-electron chi connectivity index (χ3n) is 4.07. The Labute approximate surface area is 154 Å². The number of hydrogen-bond donors (Lipinski definition) is 1. The Bertz CT molecular complexity index is 1150. The van der Waals surface area contributed by atoms with Crippen molar-refractivity contribution in [1.29, 1.82) is 0 Å². The van der Waals surface area contributed by atoms with Crippen LogP contribution in [0.3, 0.4) is 0 Å². The summed E-state index contributed by atoms with van der Waals surface area (Å²) in [5.74, 6) is 1.21. The molecule has 0 bridgehead atoms. The molecule has 0 saturated heterocycles. The first-order chi connectivity index (χ1) is 12.6. The Morgan fingerprint density at radius 2 is 2.04 bits per heavy atom. The molecule has 2 aromatic heterocycles. The lowest BCUT2D eigenvalue weighted by Crippen LogP contribution is -2.13. The Morgan fingerprint density at radius 1 is 1.19 bits per heavy atom. The van der Waals surface area contributed by atoms with Crippen LogP contribution in [-0.4, -0.2) is 26.6 Å². The van der Waals surface area contributed by atoms with Crippen molar-refractivity contribution < 1.29 is 4.74 Å². The van der Waals surface area contributed by atoms with Crippen LogP contribution in [0.25, 0.3) is 22.6 Å². The van der Waals surface area contributed by atoms with Crippen LogP contribution in [-0.2, 0) is 6.54 Å². The number of aromatic amines is 1. The molecule has 0 fully saturated rings. The number of nitrogens with one attached hydrogen (secondary N) is 1. The first kappa shape index (κ1) is 16.4. The molecular formula is C19H15ClN4O2. The lowest BCUT2D eigenvalue weighted by molar-refractivity contribution is 0.414. The molecule has 2 heterocycles. The van der Waals surface area contributed by atoms with E-state index < -0.39 is 0 Å². The van der Waals surface area contributed by atoms with E-state index in [9.17, 15) is 4.79 Å². The Morgan fingerprint density at radius 3 is 2.85 bits per heavy atom. The third-order valence-corrected chi connectivity index (χ3v) is 4.30. The summed E-state index contributed by atoms with van der Waals surface area (Å²) in [6.45, 7) is 0.495. The summed E-state index contributed by atoms with van der Waals surface area (Å²) in [5, 5.41) is 0.578. The van der Waals surface area contributed by atoms with Crippen molar-refractivity contribution in [3.8, 4) is 17.1 Å². The molecule has 0 aliphatic carbocycles. The van der Waals surface area contributed by atoms with E-state index in [1.165, 1.54) is 0 Å². The van der Waals surface area contributed by atoms with Gasteiger partial charge in [-0.25, -0.2) is 9.97 Å². The van der Waals surface area contributed by atoms with E-state index in [1.807, 2.05) is 36.4 Å². The normalized spacial score (nSPS) is 11.0. The summed E-state index contributed by atoms with van der Waals surface area (Å²) >= 11 is 6.02. The van der Waals surface area contributed by atoms with Crippen LogP contribution in [0.4, 0.5) is 0 Å². The molecule has 0 amide bonds. The summed E-state index contributed by atoms with van der Waals surface area (Å²) in [5.41, 5.74) is 2.32. The number of benzene rings is 2. The maximum Gasteiger partial charge on any atom is 0.277 e. The van der Waals surface area contributed by atoms with Crippen molar-refractivity contribution in [3.05, 3.63) is 75.8 Å². The van der Waals surface area contributed by atoms with Gasteiger partial charge in [0.05, 0.1) is 13.4 Å². The molecule has 130 valence electrons. The Balaban J connectivity index is 1.76. The van der Waals surface area contributed by atoms with E-state index >= 15 is 0 Å². The zero-order valence-electron chi connectivity index (χ0n) is 13.9. The smallest absolute Gasteiger partial charge is 0.277 e. The van der Waals surface area contributed by atoms with Gasteiger partial charge in [0.2, 0.25) is 0 Å². The fourth-order valence-corrected chi connectivity index (χ4v) is 3.04. The van der Waals surface area contributed by atoms with Gasteiger partial charge in [-0.15, -0.1) is 0 Å². The lowest BCUT2D eigenvalue weighted by Gasteiger charge is -2.07. The van der Waals surface area contributed by atoms with Crippen molar-refractivity contribution in [2.45, 2.75) is 6.54 Å². The van der Waals surface area contributed by atoms with Crippen molar-refractivity contribution in [1.82, 2.24) is 19.5 Å². The number of fused-ring (bicyclic) bond motifs is 1. The summed E-state index contributed by atoms with van der Waals surface area (Å²) < 4.78 is 7.02. The molecule has 0 radical (unpaired) electrons. The molecule has 0 spiro atoms. The summed E-state index contributed by atoms with van der Waals surface area (Å²) in [7, 11) is 1.62. The number of halogens is 1. The molecule has 4 aromatic rings. The second kappa shape index (κ2) is 6.65. The minimum Gasteiger partial charge on any atom is -0.497 e. The molecule has 4 rings (SSSR count). The molecule has 1 N–H and O–H groups in total. The van der Waals surface area contributed by atoms with E-state index in [2.05, 4.69) is 15.0 Å². The first-order valence-electron chi connectivity index (χ1n) is 7.98. The number of H-pyrrole nitrogens is 1. The summed E-state index contributed by atoms with van der Waals surface area (Å²) in [6, 6.07) is 14.8. The number of rotatable bonds is 4. The highest BCUT2D eigenvalue weighted by atomic mass is 35.5. The number of hydrogen-bond acceptors (Lipinski definition) is 4. The highest BCUT2D eigenvalue weighted by Gasteiger charge is 2.12. The second-order valence-corrected chi connectivity index (χ2v) is 6.26. The number of ether oxygens (including phenoxy) is 1. The Kier molecular flexibility index (Phi) is 4.18. The standard InChI is InChI=1S/C19H15ClN4O2/c1-26-15-7-2-4-12(8-15)10-24-11-21-18-16(24)19(25)23-17(22-18)13-5-3-6-14(20)9-13/h2-9,11H,10H2,1H3,(H,22,23,25). The number of aromatic nitrogens is 4. The van der Waals surface area contributed by atoms with Gasteiger partial charge in [0, 0.05) is 17.1 Å². The minimum absolute atomic E-state index is 0.245. The molecule has 0 atom stereocenters. The van der Waals surface area contributed by atoms with Crippen LogP contribution in [0, 0.1) is 0 Å². The highest BCUT2D eigenvalue weighted by Crippen LogP contribution is 2.20. The van der Waals surface area contributed by atoms with Gasteiger partial charge in [-0.3, -0.25) is 4.79 Å². The molecule has 0 unspecified atom stereocenters. The van der Waals surface area contributed by atoms with E-state index in [0.717, 1.165) is 16.9 Å².